The zero-order valence-electron chi connectivity index (χ0n) is 14.5. The third kappa shape index (κ3) is 3.93. The number of fused-ring (bicyclic) bond motifs is 1. The standard InChI is InChI=1S/C18H24N4OS/c1-12-8-9-24-16(12)6-7-17(23)20-14-4-5-15-13(10-14)11-19-18(21-15)22(2)3/h8-9,11,14H,4-7,10H2,1-3H3,(H,20,23)/t14-/m0/s1. The average Bonchev–Trinajstić information content (AvgIpc) is 2.97. The fourth-order valence-corrected chi connectivity index (χ4v) is 3.93. The Bertz CT molecular complexity index is 726. The van der Waals surface area contributed by atoms with Gasteiger partial charge >= 0.3 is 0 Å². The first-order valence-electron chi connectivity index (χ1n) is 8.37. The van der Waals surface area contributed by atoms with Crippen LogP contribution >= 0.6 is 11.3 Å². The summed E-state index contributed by atoms with van der Waals surface area (Å²) in [4.78, 5) is 24.5. The molecule has 128 valence electrons. The Labute approximate surface area is 147 Å². The van der Waals surface area contributed by atoms with E-state index in [4.69, 9.17) is 0 Å². The minimum atomic E-state index is 0.141. The van der Waals surface area contributed by atoms with Crippen LogP contribution in [0.4, 0.5) is 5.95 Å². The molecule has 2 aromatic heterocycles. The first-order chi connectivity index (χ1) is 11.5. The van der Waals surface area contributed by atoms with Gasteiger partial charge in [-0.3, -0.25) is 4.79 Å². The van der Waals surface area contributed by atoms with Gasteiger partial charge in [-0.15, -0.1) is 11.3 Å². The molecular weight excluding hydrogens is 320 g/mol. The predicted molar refractivity (Wildman–Crippen MR) is 97.7 cm³/mol. The van der Waals surface area contributed by atoms with Gasteiger partial charge in [0.2, 0.25) is 11.9 Å². The first-order valence-corrected chi connectivity index (χ1v) is 9.25. The molecule has 1 amide bonds. The van der Waals surface area contributed by atoms with Crippen LogP contribution in [0.2, 0.25) is 0 Å². The Morgan fingerprint density at radius 1 is 1.46 bits per heavy atom. The second-order valence-electron chi connectivity index (χ2n) is 6.57. The van der Waals surface area contributed by atoms with Crippen LogP contribution in [0.1, 0.15) is 34.5 Å². The lowest BCUT2D eigenvalue weighted by Gasteiger charge is -2.25. The molecule has 0 saturated carbocycles. The number of aryl methyl sites for hydroxylation is 3. The maximum atomic E-state index is 12.2. The molecule has 5 nitrogen and oxygen atoms in total. The summed E-state index contributed by atoms with van der Waals surface area (Å²) in [5.41, 5.74) is 3.56. The Morgan fingerprint density at radius 3 is 3.00 bits per heavy atom. The number of amides is 1. The highest BCUT2D eigenvalue weighted by Crippen LogP contribution is 2.21. The quantitative estimate of drug-likeness (QED) is 0.905. The molecule has 1 atom stereocenters. The van der Waals surface area contributed by atoms with E-state index in [1.165, 1.54) is 10.4 Å². The summed E-state index contributed by atoms with van der Waals surface area (Å²) in [6, 6.07) is 2.31. The number of carbonyl (C=O) groups excluding carboxylic acids is 1. The molecule has 6 heteroatoms. The van der Waals surface area contributed by atoms with Gasteiger partial charge < -0.3 is 10.2 Å². The maximum absolute atomic E-state index is 12.2. The van der Waals surface area contributed by atoms with Crippen LogP contribution in [0.25, 0.3) is 0 Å². The van der Waals surface area contributed by atoms with E-state index >= 15 is 0 Å². The number of thiophene rings is 1. The number of carbonyl (C=O) groups is 1. The van der Waals surface area contributed by atoms with E-state index in [1.54, 1.807) is 11.3 Å². The van der Waals surface area contributed by atoms with E-state index in [0.29, 0.717) is 6.42 Å². The molecule has 3 rings (SSSR count). The maximum Gasteiger partial charge on any atom is 0.224 e. The molecule has 0 aromatic carbocycles. The monoisotopic (exact) mass is 344 g/mol. The molecule has 1 aliphatic carbocycles. The van der Waals surface area contributed by atoms with Crippen molar-refractivity contribution in [3.8, 4) is 0 Å². The van der Waals surface area contributed by atoms with Gasteiger partial charge in [0.25, 0.3) is 0 Å². The van der Waals surface area contributed by atoms with Crippen LogP contribution in [0.15, 0.2) is 17.6 Å². The van der Waals surface area contributed by atoms with Crippen LogP contribution in [0.5, 0.6) is 0 Å². The van der Waals surface area contributed by atoms with E-state index in [0.717, 1.165) is 42.9 Å². The Morgan fingerprint density at radius 2 is 2.29 bits per heavy atom. The molecule has 0 fully saturated rings. The lowest BCUT2D eigenvalue weighted by molar-refractivity contribution is -0.121. The predicted octanol–water partition coefficient (Wildman–Crippen LogP) is 2.52. The summed E-state index contributed by atoms with van der Waals surface area (Å²) in [6.07, 6.45) is 5.96. The average molecular weight is 344 g/mol. The highest BCUT2D eigenvalue weighted by molar-refractivity contribution is 7.10. The van der Waals surface area contributed by atoms with Crippen molar-refractivity contribution in [1.82, 2.24) is 15.3 Å². The van der Waals surface area contributed by atoms with Crippen molar-refractivity contribution in [3.05, 3.63) is 39.3 Å². The molecule has 24 heavy (non-hydrogen) atoms. The second-order valence-corrected chi connectivity index (χ2v) is 7.57. The van der Waals surface area contributed by atoms with Crippen molar-refractivity contribution in [3.63, 3.8) is 0 Å². The second kappa shape index (κ2) is 7.30. The van der Waals surface area contributed by atoms with Gasteiger partial charge in [-0.05, 0) is 55.2 Å². The SMILES string of the molecule is Cc1ccsc1CCC(=O)N[C@H]1CCc2nc(N(C)C)ncc2C1. The number of hydrogen-bond acceptors (Lipinski definition) is 5. The van der Waals surface area contributed by atoms with Crippen molar-refractivity contribution in [2.24, 2.45) is 0 Å². The van der Waals surface area contributed by atoms with E-state index in [9.17, 15) is 4.79 Å². The molecule has 0 aliphatic heterocycles. The van der Waals surface area contributed by atoms with Crippen molar-refractivity contribution in [1.29, 1.82) is 0 Å². The molecular formula is C18H24N4OS. The number of aromatic nitrogens is 2. The highest BCUT2D eigenvalue weighted by Gasteiger charge is 2.22. The molecule has 0 saturated heterocycles. The zero-order chi connectivity index (χ0) is 17.1. The van der Waals surface area contributed by atoms with E-state index in [2.05, 4.69) is 33.7 Å². The number of rotatable bonds is 5. The van der Waals surface area contributed by atoms with E-state index in [1.807, 2.05) is 25.2 Å². The third-order valence-electron chi connectivity index (χ3n) is 4.45. The van der Waals surface area contributed by atoms with Gasteiger partial charge in [-0.1, -0.05) is 0 Å². The fraction of sp³-hybridized carbons (Fsp3) is 0.500. The van der Waals surface area contributed by atoms with Gasteiger partial charge in [-0.25, -0.2) is 9.97 Å². The Balaban J connectivity index is 1.54. The summed E-state index contributed by atoms with van der Waals surface area (Å²) in [6.45, 7) is 2.10. The molecule has 2 aromatic rings. The van der Waals surface area contributed by atoms with Gasteiger partial charge in [0.15, 0.2) is 0 Å². The van der Waals surface area contributed by atoms with Gasteiger partial charge in [0.1, 0.15) is 0 Å². The van der Waals surface area contributed by atoms with Crippen LogP contribution in [-0.2, 0) is 24.1 Å². The smallest absolute Gasteiger partial charge is 0.224 e. The summed E-state index contributed by atoms with van der Waals surface area (Å²) in [5, 5.41) is 5.26. The summed E-state index contributed by atoms with van der Waals surface area (Å²) >= 11 is 1.73. The van der Waals surface area contributed by atoms with Crippen LogP contribution in [0.3, 0.4) is 0 Å². The molecule has 1 N–H and O–H groups in total. The normalized spacial score (nSPS) is 16.5. The molecule has 0 spiro atoms. The summed E-state index contributed by atoms with van der Waals surface area (Å²) < 4.78 is 0. The van der Waals surface area contributed by atoms with Crippen LogP contribution < -0.4 is 10.2 Å². The van der Waals surface area contributed by atoms with Crippen molar-refractivity contribution >= 4 is 23.2 Å². The molecule has 1 aliphatic rings. The minimum absolute atomic E-state index is 0.141. The van der Waals surface area contributed by atoms with Crippen LogP contribution in [0, 0.1) is 6.92 Å². The summed E-state index contributed by atoms with van der Waals surface area (Å²) in [7, 11) is 3.89. The number of nitrogens with zero attached hydrogens (tertiary/aromatic N) is 3. The lowest BCUT2D eigenvalue weighted by atomic mass is 9.92. The van der Waals surface area contributed by atoms with Crippen molar-refractivity contribution in [2.45, 2.75) is 45.1 Å². The molecule has 0 unspecified atom stereocenters. The van der Waals surface area contributed by atoms with Crippen molar-refractivity contribution in [2.75, 3.05) is 19.0 Å². The van der Waals surface area contributed by atoms with Gasteiger partial charge in [-0.2, -0.15) is 0 Å². The first kappa shape index (κ1) is 16.9. The Kier molecular flexibility index (Phi) is 5.14. The zero-order valence-corrected chi connectivity index (χ0v) is 15.3. The molecule has 2 heterocycles. The largest absolute Gasteiger partial charge is 0.353 e. The number of hydrogen-bond donors (Lipinski definition) is 1. The van der Waals surface area contributed by atoms with Gasteiger partial charge in [0.05, 0.1) is 0 Å². The molecule has 0 radical (unpaired) electrons. The topological polar surface area (TPSA) is 58.1 Å². The fourth-order valence-electron chi connectivity index (χ4n) is 3.02. The number of anilines is 1. The van der Waals surface area contributed by atoms with Gasteiger partial charge in [0, 0.05) is 43.3 Å². The third-order valence-corrected chi connectivity index (χ3v) is 5.53. The highest BCUT2D eigenvalue weighted by atomic mass is 32.1. The Hall–Kier alpha value is -1.95. The minimum Gasteiger partial charge on any atom is -0.353 e. The van der Waals surface area contributed by atoms with E-state index < -0.39 is 0 Å². The number of nitrogens with one attached hydrogen (secondary N) is 1. The lowest BCUT2D eigenvalue weighted by Crippen LogP contribution is -2.39. The van der Waals surface area contributed by atoms with Crippen LogP contribution in [-0.4, -0.2) is 36.0 Å². The summed E-state index contributed by atoms with van der Waals surface area (Å²) in [5.74, 6) is 0.893. The molecule has 0 bridgehead atoms. The van der Waals surface area contributed by atoms with Crippen molar-refractivity contribution < 1.29 is 4.79 Å². The van der Waals surface area contributed by atoms with E-state index in [-0.39, 0.29) is 11.9 Å².